The van der Waals surface area contributed by atoms with Crippen molar-refractivity contribution in [2.24, 2.45) is 0 Å². The Hall–Kier alpha value is -2.68. The van der Waals surface area contributed by atoms with E-state index in [2.05, 4.69) is 5.32 Å². The highest BCUT2D eigenvalue weighted by molar-refractivity contribution is 6.34. The molecule has 0 atom stereocenters. The number of nitrogens with one attached hydrogen (secondary N) is 2. The van der Waals surface area contributed by atoms with Gasteiger partial charge in [0, 0.05) is 12.6 Å². The van der Waals surface area contributed by atoms with Gasteiger partial charge in [-0.1, -0.05) is 11.6 Å². The van der Waals surface area contributed by atoms with E-state index in [9.17, 15) is 31.5 Å². The first-order valence-corrected chi connectivity index (χ1v) is 7.31. The summed E-state index contributed by atoms with van der Waals surface area (Å²) in [4.78, 5) is 23.1. The third kappa shape index (κ3) is 4.48. The predicted molar refractivity (Wildman–Crippen MR) is 85.1 cm³/mol. The molecule has 2 N–H and O–H groups in total. The van der Waals surface area contributed by atoms with Crippen LogP contribution in [0.15, 0.2) is 30.3 Å². The number of alkyl halides is 3. The van der Waals surface area contributed by atoms with E-state index in [1.165, 1.54) is 0 Å². The summed E-state index contributed by atoms with van der Waals surface area (Å²) < 4.78 is 66.0. The van der Waals surface area contributed by atoms with Gasteiger partial charge in [-0.3, -0.25) is 9.59 Å². The summed E-state index contributed by atoms with van der Waals surface area (Å²) in [6, 6.07) is 3.70. The Bertz CT molecular complexity index is 884. The molecule has 2 rings (SSSR count). The quantitative estimate of drug-likeness (QED) is 0.579. The van der Waals surface area contributed by atoms with Crippen molar-refractivity contribution < 1.29 is 31.5 Å². The van der Waals surface area contributed by atoms with Gasteiger partial charge < -0.3 is 10.6 Å². The first-order valence-electron chi connectivity index (χ1n) is 6.93. The molecule has 2 amide bonds. The number of anilines is 2. The number of hydrogen-bond donors (Lipinski definition) is 2. The van der Waals surface area contributed by atoms with Crippen LogP contribution in [0.5, 0.6) is 0 Å². The van der Waals surface area contributed by atoms with E-state index < -0.39 is 51.5 Å². The largest absolute Gasteiger partial charge is 0.418 e. The Kier molecular flexibility index (Phi) is 5.50. The van der Waals surface area contributed by atoms with Crippen molar-refractivity contribution >= 4 is 34.8 Å². The summed E-state index contributed by atoms with van der Waals surface area (Å²) >= 11 is 5.64. The molecule has 0 saturated carbocycles. The SMILES string of the molecule is CC(=O)Nc1ccc(NC(=O)c2cc(F)c(F)cc2Cl)c(C(F)(F)F)c1. The lowest BCUT2D eigenvalue weighted by Gasteiger charge is -2.16. The lowest BCUT2D eigenvalue weighted by atomic mass is 10.1. The van der Waals surface area contributed by atoms with Crippen LogP contribution in [-0.4, -0.2) is 11.8 Å². The van der Waals surface area contributed by atoms with Crippen LogP contribution in [0.25, 0.3) is 0 Å². The number of carbonyl (C=O) groups is 2. The second-order valence-corrected chi connectivity index (χ2v) is 5.55. The molecule has 0 spiro atoms. The molecule has 0 aliphatic carbocycles. The Labute approximate surface area is 149 Å². The number of benzene rings is 2. The number of rotatable bonds is 3. The Morgan fingerprint density at radius 2 is 1.62 bits per heavy atom. The summed E-state index contributed by atoms with van der Waals surface area (Å²) in [5, 5.41) is 3.68. The fourth-order valence-corrected chi connectivity index (χ4v) is 2.29. The molecule has 0 aliphatic rings. The minimum Gasteiger partial charge on any atom is -0.326 e. The van der Waals surface area contributed by atoms with Crippen molar-refractivity contribution in [3.8, 4) is 0 Å². The average Bonchev–Trinajstić information content (AvgIpc) is 2.50. The molecule has 0 saturated heterocycles. The van der Waals surface area contributed by atoms with Gasteiger partial charge in [0.2, 0.25) is 5.91 Å². The van der Waals surface area contributed by atoms with Crippen LogP contribution in [0.4, 0.5) is 33.3 Å². The Morgan fingerprint density at radius 3 is 2.19 bits per heavy atom. The van der Waals surface area contributed by atoms with Crippen LogP contribution >= 0.6 is 11.6 Å². The highest BCUT2D eigenvalue weighted by Crippen LogP contribution is 2.37. The van der Waals surface area contributed by atoms with Gasteiger partial charge in [-0.15, -0.1) is 0 Å². The third-order valence-corrected chi connectivity index (χ3v) is 3.46. The lowest BCUT2D eigenvalue weighted by Crippen LogP contribution is -2.18. The number of amides is 2. The van der Waals surface area contributed by atoms with E-state index >= 15 is 0 Å². The van der Waals surface area contributed by atoms with Gasteiger partial charge in [-0.05, 0) is 30.3 Å². The summed E-state index contributed by atoms with van der Waals surface area (Å²) in [6.07, 6.45) is -4.85. The summed E-state index contributed by atoms with van der Waals surface area (Å²) in [6.45, 7) is 1.12. The third-order valence-electron chi connectivity index (χ3n) is 3.15. The van der Waals surface area contributed by atoms with Crippen molar-refractivity contribution in [3.05, 3.63) is 58.1 Å². The van der Waals surface area contributed by atoms with Gasteiger partial charge in [0.25, 0.3) is 5.91 Å². The second kappa shape index (κ2) is 7.28. The standard InChI is InChI=1S/C16H10ClF5N2O2/c1-7(25)23-8-2-3-14(10(4-8)16(20,21)22)24-15(26)9-5-12(18)13(19)6-11(9)17/h2-6H,1H3,(H,23,25)(H,24,26). The summed E-state index contributed by atoms with van der Waals surface area (Å²) in [5.74, 6) is -4.42. The molecule has 10 heteroatoms. The van der Waals surface area contributed by atoms with Crippen LogP contribution in [0, 0.1) is 11.6 Å². The number of halogens is 6. The van der Waals surface area contributed by atoms with Crippen molar-refractivity contribution in [1.29, 1.82) is 0 Å². The minimum atomic E-state index is -4.85. The van der Waals surface area contributed by atoms with Crippen LogP contribution in [-0.2, 0) is 11.0 Å². The van der Waals surface area contributed by atoms with Crippen molar-refractivity contribution in [2.45, 2.75) is 13.1 Å². The highest BCUT2D eigenvalue weighted by Gasteiger charge is 2.34. The van der Waals surface area contributed by atoms with Gasteiger partial charge in [-0.25, -0.2) is 8.78 Å². The zero-order valence-electron chi connectivity index (χ0n) is 13.0. The van der Waals surface area contributed by atoms with Crippen LogP contribution in [0.1, 0.15) is 22.8 Å². The normalized spacial score (nSPS) is 11.2. The Morgan fingerprint density at radius 1 is 1.00 bits per heavy atom. The van der Waals surface area contributed by atoms with Gasteiger partial charge in [0.1, 0.15) is 0 Å². The molecule has 0 aliphatic heterocycles. The molecule has 4 nitrogen and oxygen atoms in total. The predicted octanol–water partition coefficient (Wildman–Crippen LogP) is 4.85. The van der Waals surface area contributed by atoms with E-state index in [1.54, 1.807) is 0 Å². The lowest BCUT2D eigenvalue weighted by molar-refractivity contribution is -0.137. The molecule has 0 unspecified atom stereocenters. The Balaban J connectivity index is 2.41. The van der Waals surface area contributed by atoms with E-state index in [-0.39, 0.29) is 5.69 Å². The van der Waals surface area contributed by atoms with E-state index in [0.29, 0.717) is 18.2 Å². The summed E-state index contributed by atoms with van der Waals surface area (Å²) in [7, 11) is 0. The number of carbonyl (C=O) groups excluding carboxylic acids is 2. The van der Waals surface area contributed by atoms with Gasteiger partial charge in [-0.2, -0.15) is 13.2 Å². The maximum Gasteiger partial charge on any atom is 0.418 e. The zero-order chi connectivity index (χ0) is 19.6. The minimum absolute atomic E-state index is 0.131. The molecule has 0 bridgehead atoms. The van der Waals surface area contributed by atoms with Crippen LogP contribution in [0.2, 0.25) is 5.02 Å². The second-order valence-electron chi connectivity index (χ2n) is 5.14. The molecule has 0 fully saturated rings. The average molecular weight is 393 g/mol. The number of hydrogen-bond acceptors (Lipinski definition) is 2. The molecule has 0 aromatic heterocycles. The van der Waals surface area contributed by atoms with Crippen molar-refractivity contribution in [2.75, 3.05) is 10.6 Å². The molecule has 138 valence electrons. The van der Waals surface area contributed by atoms with E-state index in [4.69, 9.17) is 11.6 Å². The molecular formula is C16H10ClF5N2O2. The van der Waals surface area contributed by atoms with Crippen molar-refractivity contribution in [1.82, 2.24) is 0 Å². The highest BCUT2D eigenvalue weighted by atomic mass is 35.5. The zero-order valence-corrected chi connectivity index (χ0v) is 13.7. The fraction of sp³-hybridized carbons (Fsp3) is 0.125. The van der Waals surface area contributed by atoms with Crippen LogP contribution < -0.4 is 10.6 Å². The first kappa shape index (κ1) is 19.6. The van der Waals surface area contributed by atoms with Crippen molar-refractivity contribution in [3.63, 3.8) is 0 Å². The van der Waals surface area contributed by atoms with Gasteiger partial charge >= 0.3 is 6.18 Å². The first-order chi connectivity index (χ1) is 12.0. The van der Waals surface area contributed by atoms with Gasteiger partial charge in [0.05, 0.1) is 21.8 Å². The van der Waals surface area contributed by atoms with E-state index in [0.717, 1.165) is 19.1 Å². The molecular weight excluding hydrogens is 383 g/mol. The molecule has 2 aromatic carbocycles. The molecule has 26 heavy (non-hydrogen) atoms. The monoisotopic (exact) mass is 392 g/mol. The fourth-order valence-electron chi connectivity index (χ4n) is 2.06. The molecule has 0 radical (unpaired) electrons. The molecule has 2 aromatic rings. The maximum absolute atomic E-state index is 13.3. The van der Waals surface area contributed by atoms with Gasteiger partial charge in [0.15, 0.2) is 11.6 Å². The smallest absolute Gasteiger partial charge is 0.326 e. The van der Waals surface area contributed by atoms with E-state index in [1.807, 2.05) is 5.32 Å². The topological polar surface area (TPSA) is 58.2 Å². The maximum atomic E-state index is 13.3. The van der Waals surface area contributed by atoms with Crippen LogP contribution in [0.3, 0.4) is 0 Å². The summed E-state index contributed by atoms with van der Waals surface area (Å²) in [5.41, 5.74) is -2.55. The molecule has 0 heterocycles.